The van der Waals surface area contributed by atoms with Crippen molar-refractivity contribution in [3.63, 3.8) is 0 Å². The van der Waals surface area contributed by atoms with E-state index < -0.39 is 7.26 Å². The van der Waals surface area contributed by atoms with Crippen molar-refractivity contribution in [2.75, 3.05) is 12.8 Å². The van der Waals surface area contributed by atoms with Crippen molar-refractivity contribution < 1.29 is 9.53 Å². The second kappa shape index (κ2) is 10.5. The molecule has 0 spiro atoms. The van der Waals surface area contributed by atoms with Gasteiger partial charge in [-0.25, -0.2) is 4.79 Å². The van der Waals surface area contributed by atoms with E-state index in [0.717, 1.165) is 0 Å². The number of ether oxygens (including phenoxy) is 1. The molecule has 2 nitrogen and oxygen atoms in total. The van der Waals surface area contributed by atoms with Crippen molar-refractivity contribution in [3.05, 3.63) is 116 Å². The first-order valence-electron chi connectivity index (χ1n) is 9.75. The summed E-state index contributed by atoms with van der Waals surface area (Å²) >= 11 is 0. The van der Waals surface area contributed by atoms with Gasteiger partial charge in [-0.1, -0.05) is 79.4 Å². The van der Waals surface area contributed by atoms with Gasteiger partial charge < -0.3 is 4.74 Å². The Morgan fingerprint density at radius 3 is 1.66 bits per heavy atom. The summed E-state index contributed by atoms with van der Waals surface area (Å²) in [6.07, 6.45) is 6.57. The maximum Gasteiger partial charge on any atom is 0.345 e. The summed E-state index contributed by atoms with van der Waals surface area (Å²) in [6, 6.07) is 31.1. The zero-order valence-corrected chi connectivity index (χ0v) is 17.4. The van der Waals surface area contributed by atoms with Crippen LogP contribution in [0.5, 0.6) is 0 Å². The molecule has 3 aromatic carbocycles. The molecule has 0 unspecified atom stereocenters. The van der Waals surface area contributed by atoms with Crippen molar-refractivity contribution in [1.82, 2.24) is 0 Å². The summed E-state index contributed by atoms with van der Waals surface area (Å²) in [6.45, 7) is 4.03. The minimum atomic E-state index is -2.18. The Balaban J connectivity index is 2.02. The number of allylic oxidation sites excluding steroid dienone is 2. The molecule has 0 atom stereocenters. The first-order valence-corrected chi connectivity index (χ1v) is 11.7. The predicted octanol–water partition coefficient (Wildman–Crippen LogP) is 4.66. The van der Waals surface area contributed by atoms with Crippen LogP contribution < -0.4 is 15.9 Å². The quantitative estimate of drug-likeness (QED) is 0.226. The van der Waals surface area contributed by atoms with E-state index in [9.17, 15) is 4.79 Å². The van der Waals surface area contributed by atoms with Crippen molar-refractivity contribution in [2.45, 2.75) is 6.42 Å². The minimum absolute atomic E-state index is 0.165. The molecule has 3 rings (SSSR count). The van der Waals surface area contributed by atoms with Gasteiger partial charge in [0.15, 0.2) is 6.16 Å². The highest BCUT2D eigenvalue weighted by molar-refractivity contribution is 7.96. The fourth-order valence-corrected chi connectivity index (χ4v) is 7.41. The van der Waals surface area contributed by atoms with Crippen LogP contribution in [0.25, 0.3) is 0 Å². The monoisotopic (exact) mass is 401 g/mol. The lowest BCUT2D eigenvalue weighted by atomic mass is 10.4. The second-order valence-electron chi connectivity index (χ2n) is 6.65. The highest BCUT2D eigenvalue weighted by Crippen LogP contribution is 2.55. The maximum absolute atomic E-state index is 13.0. The Bertz CT molecular complexity index is 838. The van der Waals surface area contributed by atoms with Crippen molar-refractivity contribution in [3.8, 4) is 0 Å². The lowest BCUT2D eigenvalue weighted by molar-refractivity contribution is -0.140. The summed E-state index contributed by atoms with van der Waals surface area (Å²) in [4.78, 5) is 13.0. The van der Waals surface area contributed by atoms with E-state index in [1.807, 2.05) is 66.7 Å². The zero-order chi connectivity index (χ0) is 20.4. The molecule has 0 aliphatic heterocycles. The number of esters is 1. The third kappa shape index (κ3) is 5.10. The van der Waals surface area contributed by atoms with Gasteiger partial charge in [-0.2, -0.15) is 0 Å². The number of carbonyl (C=O) groups excluding carboxylic acids is 1. The molecule has 29 heavy (non-hydrogen) atoms. The molecule has 0 saturated heterocycles. The topological polar surface area (TPSA) is 26.3 Å². The summed E-state index contributed by atoms with van der Waals surface area (Å²) in [5.74, 6) is -0.165. The van der Waals surface area contributed by atoms with E-state index in [1.54, 1.807) is 6.08 Å². The number of hydrogen-bond acceptors (Lipinski definition) is 2. The Labute approximate surface area is 173 Å². The summed E-state index contributed by atoms with van der Waals surface area (Å²) in [7, 11) is -2.18. The normalized spacial score (nSPS) is 11.3. The SMILES string of the molecule is C=CC=CCCOC(=O)C[P+](c1ccccc1)(c1ccccc1)c1ccccc1. The Hall–Kier alpha value is -2.96. The highest BCUT2D eigenvalue weighted by Gasteiger charge is 2.47. The summed E-state index contributed by atoms with van der Waals surface area (Å²) in [5.41, 5.74) is 0. The molecule has 3 heteroatoms. The molecule has 0 bridgehead atoms. The van der Waals surface area contributed by atoms with E-state index in [1.165, 1.54) is 15.9 Å². The smallest absolute Gasteiger partial charge is 0.345 e. The van der Waals surface area contributed by atoms with Gasteiger partial charge >= 0.3 is 5.97 Å². The Kier molecular flexibility index (Phi) is 7.55. The maximum atomic E-state index is 13.0. The lowest BCUT2D eigenvalue weighted by Crippen LogP contribution is -2.36. The molecule has 0 aliphatic rings. The van der Waals surface area contributed by atoms with E-state index in [-0.39, 0.29) is 5.97 Å². The van der Waals surface area contributed by atoms with Gasteiger partial charge in [-0.3, -0.25) is 0 Å². The molecule has 0 radical (unpaired) electrons. The number of rotatable bonds is 9. The van der Waals surface area contributed by atoms with E-state index in [2.05, 4.69) is 43.0 Å². The molecular weight excluding hydrogens is 375 g/mol. The standard InChI is InChI=1S/C26H26O2P/c1-2-3-4-14-21-28-26(27)22-29(23-15-8-5-9-16-23,24-17-10-6-11-18-24)25-19-12-7-13-20-25/h2-13,15-20H,1,14,21-22H2/q+1. The zero-order valence-electron chi connectivity index (χ0n) is 16.5. The number of carbonyl (C=O) groups is 1. The Morgan fingerprint density at radius 2 is 1.24 bits per heavy atom. The largest absolute Gasteiger partial charge is 0.463 e. The molecule has 3 aromatic rings. The molecule has 0 fully saturated rings. The van der Waals surface area contributed by atoms with Gasteiger partial charge in [0.2, 0.25) is 0 Å². The van der Waals surface area contributed by atoms with Crippen LogP contribution in [0.1, 0.15) is 6.42 Å². The van der Waals surface area contributed by atoms with Crippen LogP contribution in [-0.4, -0.2) is 18.7 Å². The van der Waals surface area contributed by atoms with Gasteiger partial charge in [-0.05, 0) is 42.8 Å². The third-order valence-electron chi connectivity index (χ3n) is 4.78. The molecule has 0 heterocycles. The second-order valence-corrected chi connectivity index (χ2v) is 10.1. The molecular formula is C26H26O2P+. The van der Waals surface area contributed by atoms with Crippen molar-refractivity contribution in [2.24, 2.45) is 0 Å². The first kappa shape index (κ1) is 20.8. The van der Waals surface area contributed by atoms with Crippen LogP contribution in [0, 0.1) is 0 Å². The van der Waals surface area contributed by atoms with Gasteiger partial charge in [-0.15, -0.1) is 0 Å². The van der Waals surface area contributed by atoms with Gasteiger partial charge in [0.05, 0.1) is 6.61 Å². The number of hydrogen-bond donors (Lipinski definition) is 0. The molecule has 0 aromatic heterocycles. The van der Waals surface area contributed by atoms with Gasteiger partial charge in [0.25, 0.3) is 0 Å². The van der Waals surface area contributed by atoms with E-state index >= 15 is 0 Å². The predicted molar refractivity (Wildman–Crippen MR) is 125 cm³/mol. The average molecular weight is 401 g/mol. The van der Waals surface area contributed by atoms with Crippen LogP contribution in [-0.2, 0) is 9.53 Å². The highest BCUT2D eigenvalue weighted by atomic mass is 31.2. The van der Waals surface area contributed by atoms with Crippen molar-refractivity contribution in [1.29, 1.82) is 0 Å². The molecule has 0 N–H and O–H groups in total. The van der Waals surface area contributed by atoms with Crippen molar-refractivity contribution >= 4 is 29.1 Å². The molecule has 0 saturated carbocycles. The Morgan fingerprint density at radius 1 is 0.793 bits per heavy atom. The average Bonchev–Trinajstić information content (AvgIpc) is 2.79. The molecule has 0 aliphatic carbocycles. The van der Waals surface area contributed by atoms with Crippen LogP contribution in [0.3, 0.4) is 0 Å². The van der Waals surface area contributed by atoms with E-state index in [0.29, 0.717) is 19.2 Å². The van der Waals surface area contributed by atoms with Gasteiger partial charge in [0, 0.05) is 0 Å². The fraction of sp³-hybridized carbons (Fsp3) is 0.115. The molecule has 146 valence electrons. The van der Waals surface area contributed by atoms with Gasteiger partial charge in [0.1, 0.15) is 23.2 Å². The van der Waals surface area contributed by atoms with Crippen LogP contribution >= 0.6 is 7.26 Å². The third-order valence-corrected chi connectivity index (χ3v) is 9.05. The first-order chi connectivity index (χ1) is 14.3. The van der Waals surface area contributed by atoms with E-state index in [4.69, 9.17) is 4.74 Å². The van der Waals surface area contributed by atoms with Crippen LogP contribution in [0.4, 0.5) is 0 Å². The van der Waals surface area contributed by atoms with Crippen LogP contribution in [0.15, 0.2) is 116 Å². The summed E-state index contributed by atoms with van der Waals surface area (Å²) in [5, 5.41) is 3.54. The minimum Gasteiger partial charge on any atom is -0.463 e. The fourth-order valence-electron chi connectivity index (χ4n) is 3.44. The lowest BCUT2D eigenvalue weighted by Gasteiger charge is -2.26. The summed E-state index contributed by atoms with van der Waals surface area (Å²) < 4.78 is 5.61. The molecule has 0 amide bonds. The number of benzene rings is 3. The van der Waals surface area contributed by atoms with Crippen LogP contribution in [0.2, 0.25) is 0 Å².